The summed E-state index contributed by atoms with van der Waals surface area (Å²) in [5, 5.41) is 3.71. The molecule has 3 aromatic heterocycles. The Morgan fingerprint density at radius 3 is 2.10 bits per heavy atom. The number of fused-ring (bicyclic) bond motifs is 7. The van der Waals surface area contributed by atoms with Crippen LogP contribution in [-0.4, -0.2) is 9.55 Å². The van der Waals surface area contributed by atoms with Gasteiger partial charge in [0.15, 0.2) is 0 Å². The van der Waals surface area contributed by atoms with Crippen LogP contribution in [0, 0.1) is 6.85 Å². The van der Waals surface area contributed by atoms with Crippen LogP contribution in [0.3, 0.4) is 0 Å². The maximum atomic E-state index is 7.83. The van der Waals surface area contributed by atoms with E-state index in [0.717, 1.165) is 83.1 Å². The highest BCUT2D eigenvalue weighted by Gasteiger charge is 2.21. The van der Waals surface area contributed by atoms with Crippen molar-refractivity contribution in [2.75, 3.05) is 0 Å². The third-order valence-electron chi connectivity index (χ3n) is 9.33. The summed E-state index contributed by atoms with van der Waals surface area (Å²) in [6.07, 6.45) is 0. The third-order valence-corrected chi connectivity index (χ3v) is 9.33. The SMILES string of the molecule is [2H]C([2H])([2H])c1ccc2oc3cc(-c4ccc5c(c4)oc4c(-c6nc7ccccc7n6-c6ccccc6-c6ccccc6)cccc45)ccc3c2c1. The summed E-state index contributed by atoms with van der Waals surface area (Å²) in [4.78, 5) is 5.21. The average Bonchev–Trinajstić information content (AvgIpc) is 3.85. The van der Waals surface area contributed by atoms with Gasteiger partial charge in [0.05, 0.1) is 22.3 Å². The van der Waals surface area contributed by atoms with Gasteiger partial charge in [-0.3, -0.25) is 4.57 Å². The fraction of sp³-hybridized carbons (Fsp3) is 0.0227. The van der Waals surface area contributed by atoms with Crippen LogP contribution < -0.4 is 0 Å². The predicted molar refractivity (Wildman–Crippen MR) is 197 cm³/mol. The summed E-state index contributed by atoms with van der Waals surface area (Å²) in [5.74, 6) is 0.807. The molecule has 4 nitrogen and oxygen atoms in total. The smallest absolute Gasteiger partial charge is 0.149 e. The van der Waals surface area contributed by atoms with E-state index in [4.69, 9.17) is 17.9 Å². The van der Waals surface area contributed by atoms with Gasteiger partial charge in [-0.1, -0.05) is 96.6 Å². The number of hydrogen-bond acceptors (Lipinski definition) is 3. The minimum atomic E-state index is -2.18. The molecule has 0 aliphatic heterocycles. The molecule has 0 aliphatic carbocycles. The van der Waals surface area contributed by atoms with Crippen LogP contribution in [0.5, 0.6) is 0 Å². The average molecular weight is 620 g/mol. The molecule has 48 heavy (non-hydrogen) atoms. The highest BCUT2D eigenvalue weighted by molar-refractivity contribution is 6.11. The number of imidazole rings is 1. The van der Waals surface area contributed by atoms with Crippen LogP contribution in [-0.2, 0) is 0 Å². The highest BCUT2D eigenvalue weighted by Crippen LogP contribution is 2.41. The highest BCUT2D eigenvalue weighted by atomic mass is 16.3. The fourth-order valence-electron chi connectivity index (χ4n) is 7.09. The van der Waals surface area contributed by atoms with Crippen LogP contribution in [0.2, 0.25) is 0 Å². The number of para-hydroxylation sites is 4. The van der Waals surface area contributed by atoms with Gasteiger partial charge in [-0.2, -0.15) is 0 Å². The molecule has 7 aromatic carbocycles. The molecule has 0 atom stereocenters. The summed E-state index contributed by atoms with van der Waals surface area (Å²) in [7, 11) is 0. The van der Waals surface area contributed by atoms with E-state index >= 15 is 0 Å². The summed E-state index contributed by atoms with van der Waals surface area (Å²) in [5.41, 5.74) is 11.3. The molecule has 0 bridgehead atoms. The van der Waals surface area contributed by atoms with E-state index in [9.17, 15) is 0 Å². The van der Waals surface area contributed by atoms with Crippen molar-refractivity contribution in [3.63, 3.8) is 0 Å². The van der Waals surface area contributed by atoms with Crippen molar-refractivity contribution in [2.24, 2.45) is 0 Å². The lowest BCUT2D eigenvalue weighted by atomic mass is 10.0. The molecular weight excluding hydrogens is 588 g/mol. The molecule has 3 heterocycles. The first kappa shape index (κ1) is 23.9. The number of furan rings is 2. The number of rotatable bonds is 4. The molecule has 0 N–H and O–H groups in total. The zero-order valence-corrected chi connectivity index (χ0v) is 25.6. The first-order valence-electron chi connectivity index (χ1n) is 17.5. The maximum absolute atomic E-state index is 7.83. The first-order valence-corrected chi connectivity index (χ1v) is 16.0. The van der Waals surface area contributed by atoms with Gasteiger partial charge in [0, 0.05) is 31.2 Å². The molecule has 0 amide bonds. The first-order chi connectivity index (χ1) is 24.9. The standard InChI is InChI=1S/C44H28N2O2/c1-27-18-23-40-36(24-27)33-22-20-29(25-41(33)47-40)30-19-21-32-34-13-9-14-35(43(34)48-42(32)26-30)44-45-37-15-6-8-17-39(37)46(44)38-16-7-5-12-31(38)28-10-3-2-4-11-28/h2-26H,1H3/i1D3. The number of hydrogen-bond donors (Lipinski definition) is 0. The summed E-state index contributed by atoms with van der Waals surface area (Å²) >= 11 is 0. The minimum absolute atomic E-state index is 0.299. The number of aromatic nitrogens is 2. The van der Waals surface area contributed by atoms with Crippen molar-refractivity contribution in [3.8, 4) is 39.3 Å². The van der Waals surface area contributed by atoms with Crippen LogP contribution >= 0.6 is 0 Å². The van der Waals surface area contributed by atoms with Crippen LogP contribution in [0.15, 0.2) is 160 Å². The normalized spacial score (nSPS) is 13.0. The topological polar surface area (TPSA) is 44.1 Å². The Bertz CT molecular complexity index is 2970. The van der Waals surface area contributed by atoms with Crippen LogP contribution in [0.1, 0.15) is 9.68 Å². The van der Waals surface area contributed by atoms with Crippen LogP contribution in [0.4, 0.5) is 0 Å². The Kier molecular flexibility index (Phi) is 5.13. The van der Waals surface area contributed by atoms with Gasteiger partial charge in [0.1, 0.15) is 28.2 Å². The number of benzene rings is 7. The summed E-state index contributed by atoms with van der Waals surface area (Å²) < 4.78 is 38.7. The summed E-state index contributed by atoms with van der Waals surface area (Å²) in [6, 6.07) is 50.8. The Labute approximate surface area is 280 Å². The molecule has 0 fully saturated rings. The molecule has 0 saturated heterocycles. The maximum Gasteiger partial charge on any atom is 0.149 e. The molecule has 0 unspecified atom stereocenters. The summed E-state index contributed by atoms with van der Waals surface area (Å²) in [6.45, 7) is -2.18. The fourth-order valence-corrected chi connectivity index (χ4v) is 7.09. The van der Waals surface area contributed by atoms with E-state index in [-0.39, 0.29) is 0 Å². The second-order valence-electron chi connectivity index (χ2n) is 12.2. The Morgan fingerprint density at radius 1 is 0.521 bits per heavy atom. The lowest BCUT2D eigenvalue weighted by Gasteiger charge is -2.15. The van der Waals surface area contributed by atoms with Gasteiger partial charge in [0.2, 0.25) is 0 Å². The van der Waals surface area contributed by atoms with Crippen molar-refractivity contribution < 1.29 is 12.9 Å². The van der Waals surface area contributed by atoms with Gasteiger partial charge in [-0.05, 0) is 84.2 Å². The van der Waals surface area contributed by atoms with E-state index in [2.05, 4.69) is 108 Å². The lowest BCUT2D eigenvalue weighted by Crippen LogP contribution is -2.00. The molecule has 10 rings (SSSR count). The second-order valence-corrected chi connectivity index (χ2v) is 12.2. The van der Waals surface area contributed by atoms with E-state index in [1.807, 2.05) is 30.3 Å². The van der Waals surface area contributed by atoms with Gasteiger partial charge in [-0.25, -0.2) is 4.98 Å². The lowest BCUT2D eigenvalue weighted by molar-refractivity contribution is 0.668. The van der Waals surface area contributed by atoms with Crippen molar-refractivity contribution >= 4 is 54.9 Å². The molecular formula is C44H28N2O2. The molecule has 4 heteroatoms. The van der Waals surface area contributed by atoms with Crippen LogP contribution in [0.25, 0.3) is 94.2 Å². The number of nitrogens with zero attached hydrogens (tertiary/aromatic N) is 2. The van der Waals surface area contributed by atoms with Crippen molar-refractivity contribution in [2.45, 2.75) is 6.85 Å². The quantitative estimate of drug-likeness (QED) is 0.197. The van der Waals surface area contributed by atoms with Crippen molar-refractivity contribution in [1.29, 1.82) is 0 Å². The zero-order chi connectivity index (χ0) is 34.3. The Morgan fingerprint density at radius 2 is 1.25 bits per heavy atom. The van der Waals surface area contributed by atoms with E-state index in [1.54, 1.807) is 18.2 Å². The Balaban J connectivity index is 1.13. The monoisotopic (exact) mass is 619 g/mol. The van der Waals surface area contributed by atoms with Gasteiger partial charge in [0.25, 0.3) is 0 Å². The van der Waals surface area contributed by atoms with Crippen molar-refractivity contribution in [3.05, 3.63) is 157 Å². The third kappa shape index (κ3) is 4.06. The minimum Gasteiger partial charge on any atom is -0.456 e. The number of aryl methyl sites for hydroxylation is 1. The molecule has 0 spiro atoms. The molecule has 0 aliphatic rings. The predicted octanol–water partition coefficient (Wildman–Crippen LogP) is 12.1. The largest absolute Gasteiger partial charge is 0.456 e. The van der Waals surface area contributed by atoms with Gasteiger partial charge >= 0.3 is 0 Å². The molecule has 0 saturated carbocycles. The van der Waals surface area contributed by atoms with E-state index in [0.29, 0.717) is 16.7 Å². The van der Waals surface area contributed by atoms with Crippen molar-refractivity contribution in [1.82, 2.24) is 9.55 Å². The Hall–Kier alpha value is -6.39. The molecule has 226 valence electrons. The zero-order valence-electron chi connectivity index (χ0n) is 28.6. The van der Waals surface area contributed by atoms with Gasteiger partial charge < -0.3 is 8.83 Å². The second kappa shape index (κ2) is 10.3. The van der Waals surface area contributed by atoms with E-state index in [1.165, 1.54) is 0 Å². The van der Waals surface area contributed by atoms with E-state index < -0.39 is 6.85 Å². The molecule has 10 aromatic rings. The van der Waals surface area contributed by atoms with Gasteiger partial charge in [-0.15, -0.1) is 0 Å². The molecule has 0 radical (unpaired) electrons.